The Kier molecular flexibility index (Phi) is 5.86. The zero-order valence-corrected chi connectivity index (χ0v) is 16.1. The minimum Gasteiger partial charge on any atom is -0.493 e. The van der Waals surface area contributed by atoms with E-state index in [1.807, 2.05) is 0 Å². The van der Waals surface area contributed by atoms with Crippen LogP contribution in [-0.4, -0.2) is 49.1 Å². The van der Waals surface area contributed by atoms with Crippen molar-refractivity contribution in [3.63, 3.8) is 0 Å². The highest BCUT2D eigenvalue weighted by Crippen LogP contribution is 2.41. The third-order valence-electron chi connectivity index (χ3n) is 4.31. The average Bonchev–Trinajstić information content (AvgIpc) is 2.75. The summed E-state index contributed by atoms with van der Waals surface area (Å²) in [5.41, 5.74) is 2.25. The van der Waals surface area contributed by atoms with Gasteiger partial charge in [0.2, 0.25) is 5.75 Å². The number of pyridine rings is 1. The predicted molar refractivity (Wildman–Crippen MR) is 108 cm³/mol. The predicted octanol–water partition coefficient (Wildman–Crippen LogP) is 2.97. The number of fused-ring (bicyclic) bond motifs is 1. The third-order valence-corrected chi connectivity index (χ3v) is 4.31. The molecule has 0 aliphatic rings. The van der Waals surface area contributed by atoms with E-state index in [0.717, 1.165) is 0 Å². The van der Waals surface area contributed by atoms with Gasteiger partial charge in [0.1, 0.15) is 6.61 Å². The van der Waals surface area contributed by atoms with Crippen molar-refractivity contribution in [2.24, 2.45) is 0 Å². The van der Waals surface area contributed by atoms with Gasteiger partial charge in [0.05, 0.1) is 38.1 Å². The maximum absolute atomic E-state index is 11.9. The number of carboxylic acid groups (broad SMARTS) is 1. The van der Waals surface area contributed by atoms with Gasteiger partial charge in [0.25, 0.3) is 0 Å². The lowest BCUT2D eigenvalue weighted by atomic mass is 10.0. The maximum Gasteiger partial charge on any atom is 0.336 e. The van der Waals surface area contributed by atoms with E-state index in [0.29, 0.717) is 45.0 Å². The molecule has 0 amide bonds. The van der Waals surface area contributed by atoms with E-state index < -0.39 is 5.97 Å². The molecule has 1 heterocycles. The zero-order chi connectivity index (χ0) is 21.0. The number of aromatic nitrogens is 1. The van der Waals surface area contributed by atoms with Crippen LogP contribution in [0, 0.1) is 11.8 Å². The molecule has 3 aromatic rings. The van der Waals surface area contributed by atoms with Crippen LogP contribution in [0.25, 0.3) is 22.2 Å². The van der Waals surface area contributed by atoms with Crippen LogP contribution >= 0.6 is 0 Å². The van der Waals surface area contributed by atoms with Crippen molar-refractivity contribution in [3.8, 4) is 40.3 Å². The largest absolute Gasteiger partial charge is 0.493 e. The molecule has 0 aliphatic carbocycles. The zero-order valence-electron chi connectivity index (χ0n) is 16.1. The number of methoxy groups -OCH3 is 3. The number of aliphatic hydroxyl groups is 1. The third kappa shape index (κ3) is 3.93. The van der Waals surface area contributed by atoms with E-state index in [-0.39, 0.29) is 12.2 Å². The fourth-order valence-corrected chi connectivity index (χ4v) is 3.00. The standard InChI is InChI=1S/C22H19NO6/c1-27-19-10-14(11-20(28-2)21(19)29-3)18-12-16(22(25)26)15-9-13(5-4-8-24)6-7-17(15)23-18/h6-7,9-12,24H,8H2,1-3H3,(H,25,26). The summed E-state index contributed by atoms with van der Waals surface area (Å²) in [5, 5.41) is 19.0. The first-order valence-electron chi connectivity index (χ1n) is 8.60. The van der Waals surface area contributed by atoms with Gasteiger partial charge in [-0.25, -0.2) is 9.78 Å². The fourth-order valence-electron chi connectivity index (χ4n) is 3.00. The van der Waals surface area contributed by atoms with Crippen LogP contribution in [0.5, 0.6) is 17.2 Å². The van der Waals surface area contributed by atoms with Crippen LogP contribution < -0.4 is 14.2 Å². The van der Waals surface area contributed by atoms with Gasteiger partial charge in [0.15, 0.2) is 11.5 Å². The molecule has 2 N–H and O–H groups in total. The molecule has 0 spiro atoms. The summed E-state index contributed by atoms with van der Waals surface area (Å²) >= 11 is 0. The molecule has 1 aromatic heterocycles. The van der Waals surface area contributed by atoms with Crippen molar-refractivity contribution in [1.29, 1.82) is 0 Å². The van der Waals surface area contributed by atoms with Gasteiger partial charge in [-0.15, -0.1) is 0 Å². The van der Waals surface area contributed by atoms with Gasteiger partial charge in [-0.1, -0.05) is 11.8 Å². The quantitative estimate of drug-likeness (QED) is 0.643. The second-order valence-corrected chi connectivity index (χ2v) is 5.97. The van der Waals surface area contributed by atoms with Gasteiger partial charge >= 0.3 is 5.97 Å². The lowest BCUT2D eigenvalue weighted by Gasteiger charge is -2.14. The first-order valence-corrected chi connectivity index (χ1v) is 8.60. The molecular formula is C22H19NO6. The number of carboxylic acids is 1. The van der Waals surface area contributed by atoms with Crippen LogP contribution in [0.15, 0.2) is 36.4 Å². The molecule has 0 unspecified atom stereocenters. The van der Waals surface area contributed by atoms with Crippen molar-refractivity contribution < 1.29 is 29.2 Å². The molecule has 3 rings (SSSR count). The lowest BCUT2D eigenvalue weighted by molar-refractivity contribution is 0.0699. The monoisotopic (exact) mass is 393 g/mol. The summed E-state index contributed by atoms with van der Waals surface area (Å²) in [7, 11) is 4.52. The Morgan fingerprint density at radius 2 is 1.72 bits per heavy atom. The Hall–Kier alpha value is -3.76. The number of ether oxygens (including phenoxy) is 3. The minimum atomic E-state index is -1.08. The van der Waals surface area contributed by atoms with Gasteiger partial charge in [-0.3, -0.25) is 0 Å². The van der Waals surface area contributed by atoms with Crippen molar-refractivity contribution in [2.75, 3.05) is 27.9 Å². The molecule has 7 nitrogen and oxygen atoms in total. The summed E-state index contributed by atoms with van der Waals surface area (Å²) in [6, 6.07) is 9.99. The molecule has 7 heteroatoms. The molecule has 0 saturated heterocycles. The Morgan fingerprint density at radius 1 is 1.03 bits per heavy atom. The molecule has 0 aliphatic heterocycles. The number of benzene rings is 2. The molecular weight excluding hydrogens is 374 g/mol. The van der Waals surface area contributed by atoms with Gasteiger partial charge < -0.3 is 24.4 Å². The minimum absolute atomic E-state index is 0.0893. The fraction of sp³-hybridized carbons (Fsp3) is 0.182. The van der Waals surface area contributed by atoms with Gasteiger partial charge in [-0.2, -0.15) is 0 Å². The number of aromatic carboxylic acids is 1. The summed E-state index contributed by atoms with van der Waals surface area (Å²) in [5.74, 6) is 5.55. The summed E-state index contributed by atoms with van der Waals surface area (Å²) in [6.07, 6.45) is 0. The molecule has 0 bridgehead atoms. The molecule has 0 saturated carbocycles. The first-order chi connectivity index (χ1) is 14.0. The van der Waals surface area contributed by atoms with E-state index in [1.165, 1.54) is 27.4 Å². The van der Waals surface area contributed by atoms with Crippen LogP contribution in [0.4, 0.5) is 0 Å². The molecule has 0 radical (unpaired) electrons. The van der Waals surface area contributed by atoms with E-state index >= 15 is 0 Å². The Balaban J connectivity index is 2.24. The summed E-state index contributed by atoms with van der Waals surface area (Å²) in [4.78, 5) is 16.5. The highest BCUT2D eigenvalue weighted by molar-refractivity contribution is 6.04. The van der Waals surface area contributed by atoms with Crippen LogP contribution in [0.2, 0.25) is 0 Å². The normalized spacial score (nSPS) is 10.2. The first kappa shape index (κ1) is 20.0. The molecule has 0 atom stereocenters. The van der Waals surface area contributed by atoms with Crippen molar-refractivity contribution in [3.05, 3.63) is 47.5 Å². The Morgan fingerprint density at radius 3 is 2.28 bits per heavy atom. The lowest BCUT2D eigenvalue weighted by Crippen LogP contribution is -2.01. The molecule has 2 aromatic carbocycles. The molecule has 0 fully saturated rings. The Bertz CT molecular complexity index is 1120. The highest BCUT2D eigenvalue weighted by Gasteiger charge is 2.18. The van der Waals surface area contributed by atoms with Crippen molar-refractivity contribution >= 4 is 16.9 Å². The topological polar surface area (TPSA) is 98.1 Å². The Labute approximate surface area is 167 Å². The van der Waals surface area contributed by atoms with Crippen LogP contribution in [0.1, 0.15) is 15.9 Å². The molecule has 148 valence electrons. The number of rotatable bonds is 5. The smallest absolute Gasteiger partial charge is 0.336 e. The summed E-state index contributed by atoms with van der Waals surface area (Å²) < 4.78 is 16.1. The maximum atomic E-state index is 11.9. The number of hydrogen-bond acceptors (Lipinski definition) is 6. The van der Waals surface area contributed by atoms with Gasteiger partial charge in [0, 0.05) is 16.5 Å². The second-order valence-electron chi connectivity index (χ2n) is 5.97. The number of carbonyl (C=O) groups is 1. The van der Waals surface area contributed by atoms with Crippen molar-refractivity contribution in [1.82, 2.24) is 4.98 Å². The number of aliphatic hydroxyl groups excluding tert-OH is 1. The van der Waals surface area contributed by atoms with E-state index in [1.54, 1.807) is 30.3 Å². The average molecular weight is 393 g/mol. The SMILES string of the molecule is COc1cc(-c2cc(C(=O)O)c3cc(C#CCO)ccc3n2)cc(OC)c1OC. The van der Waals surface area contributed by atoms with E-state index in [4.69, 9.17) is 19.3 Å². The van der Waals surface area contributed by atoms with Crippen LogP contribution in [-0.2, 0) is 0 Å². The molecule has 29 heavy (non-hydrogen) atoms. The summed E-state index contributed by atoms with van der Waals surface area (Å²) in [6.45, 7) is -0.276. The van der Waals surface area contributed by atoms with Gasteiger partial charge in [-0.05, 0) is 36.4 Å². The second kappa shape index (κ2) is 8.50. The van der Waals surface area contributed by atoms with Crippen LogP contribution in [0.3, 0.4) is 0 Å². The van der Waals surface area contributed by atoms with Crippen molar-refractivity contribution in [2.45, 2.75) is 0 Å². The van der Waals surface area contributed by atoms with E-state index in [9.17, 15) is 9.90 Å². The van der Waals surface area contributed by atoms with E-state index in [2.05, 4.69) is 16.8 Å². The number of nitrogens with zero attached hydrogens (tertiary/aromatic N) is 1. The number of hydrogen-bond donors (Lipinski definition) is 2. The highest BCUT2D eigenvalue weighted by atomic mass is 16.5.